The van der Waals surface area contributed by atoms with Crippen LogP contribution >= 0.6 is 11.3 Å². The number of piperazine rings is 1. The van der Waals surface area contributed by atoms with E-state index >= 15 is 0 Å². The van der Waals surface area contributed by atoms with E-state index in [0.717, 1.165) is 50.1 Å². The number of rotatable bonds is 3. The van der Waals surface area contributed by atoms with Crippen LogP contribution in [0.25, 0.3) is 0 Å². The van der Waals surface area contributed by atoms with Crippen molar-refractivity contribution >= 4 is 22.4 Å². The van der Waals surface area contributed by atoms with Crippen molar-refractivity contribution < 1.29 is 9.53 Å². The Kier molecular flexibility index (Phi) is 4.95. The molecule has 6 nitrogen and oxygen atoms in total. The molecule has 0 aliphatic carbocycles. The minimum absolute atomic E-state index is 0.155. The van der Waals surface area contributed by atoms with E-state index in [1.54, 1.807) is 11.3 Å². The summed E-state index contributed by atoms with van der Waals surface area (Å²) in [5.74, 6) is 0.230. The van der Waals surface area contributed by atoms with Gasteiger partial charge in [0.15, 0.2) is 5.13 Å². The Labute approximate surface area is 135 Å². The molecule has 0 aromatic carbocycles. The molecule has 7 heteroatoms. The first-order valence-electron chi connectivity index (χ1n) is 7.90. The Hall–Kier alpha value is -1.18. The summed E-state index contributed by atoms with van der Waals surface area (Å²) in [7, 11) is 0. The molecule has 2 fully saturated rings. The topological polar surface area (TPSA) is 48.9 Å². The summed E-state index contributed by atoms with van der Waals surface area (Å²) in [5, 5.41) is 3.19. The van der Waals surface area contributed by atoms with Gasteiger partial charge in [0, 0.05) is 44.6 Å². The van der Waals surface area contributed by atoms with Gasteiger partial charge in [-0.1, -0.05) is 0 Å². The number of carbonyl (C=O) groups excluding carboxylic acids is 1. The molecule has 0 bridgehead atoms. The molecular formula is C15H24N4O2S. The molecule has 2 aliphatic heterocycles. The lowest BCUT2D eigenvalue weighted by molar-refractivity contribution is -0.139. The zero-order valence-corrected chi connectivity index (χ0v) is 14.1. The summed E-state index contributed by atoms with van der Waals surface area (Å²) < 4.78 is 5.49. The number of hydrogen-bond donors (Lipinski definition) is 0. The predicted molar refractivity (Wildman–Crippen MR) is 87.5 cm³/mol. The maximum Gasteiger partial charge on any atom is 0.236 e. The van der Waals surface area contributed by atoms with E-state index in [1.807, 2.05) is 18.7 Å². The lowest BCUT2D eigenvalue weighted by Crippen LogP contribution is -2.52. The first-order chi connectivity index (χ1) is 10.6. The molecule has 22 heavy (non-hydrogen) atoms. The Morgan fingerprint density at radius 3 is 2.77 bits per heavy atom. The van der Waals surface area contributed by atoms with Crippen LogP contribution in [-0.4, -0.2) is 79.2 Å². The highest BCUT2D eigenvalue weighted by Gasteiger charge is 2.25. The smallest absolute Gasteiger partial charge is 0.236 e. The molecule has 2 saturated heterocycles. The van der Waals surface area contributed by atoms with Crippen LogP contribution in [0.2, 0.25) is 0 Å². The van der Waals surface area contributed by atoms with Crippen molar-refractivity contribution in [3.63, 3.8) is 0 Å². The van der Waals surface area contributed by atoms with Crippen LogP contribution in [0.5, 0.6) is 0 Å². The number of thiazole rings is 1. The first kappa shape index (κ1) is 15.7. The fourth-order valence-corrected chi connectivity index (χ4v) is 3.78. The highest BCUT2D eigenvalue weighted by molar-refractivity contribution is 7.13. The molecule has 0 spiro atoms. The molecule has 0 unspecified atom stereocenters. The quantitative estimate of drug-likeness (QED) is 0.824. The molecule has 1 atom stereocenters. The Morgan fingerprint density at radius 2 is 2.14 bits per heavy atom. The molecule has 2 aliphatic rings. The normalized spacial score (nSPS) is 23.8. The molecule has 0 radical (unpaired) electrons. The number of hydrogen-bond acceptors (Lipinski definition) is 6. The van der Waals surface area contributed by atoms with E-state index in [1.165, 1.54) is 0 Å². The van der Waals surface area contributed by atoms with Gasteiger partial charge in [-0.15, -0.1) is 11.3 Å². The maximum atomic E-state index is 12.4. The van der Waals surface area contributed by atoms with Crippen molar-refractivity contribution in [3.8, 4) is 0 Å². The second kappa shape index (κ2) is 6.93. The number of nitrogens with zero attached hydrogens (tertiary/aromatic N) is 4. The molecule has 3 rings (SSSR count). The fraction of sp³-hybridized carbons (Fsp3) is 0.733. The highest BCUT2D eigenvalue weighted by atomic mass is 32.1. The standard InChI is InChI=1S/C15H24N4O2S/c1-12-11-22-15(16-12)18-5-3-17(4-6-18)10-14(20)19-7-8-21-13(2)9-19/h11,13H,3-10H2,1-2H3/t13-/m1/s1. The van der Waals surface area contributed by atoms with Crippen LogP contribution in [0, 0.1) is 6.92 Å². The minimum Gasteiger partial charge on any atom is -0.375 e. The third-order valence-electron chi connectivity index (χ3n) is 4.20. The minimum atomic E-state index is 0.155. The van der Waals surface area contributed by atoms with Crippen LogP contribution in [0.15, 0.2) is 5.38 Å². The summed E-state index contributed by atoms with van der Waals surface area (Å²) in [6, 6.07) is 0. The second-order valence-electron chi connectivity index (χ2n) is 6.06. The van der Waals surface area contributed by atoms with Crippen molar-refractivity contribution in [2.24, 2.45) is 0 Å². The van der Waals surface area contributed by atoms with Gasteiger partial charge in [0.1, 0.15) is 0 Å². The van der Waals surface area contributed by atoms with E-state index in [-0.39, 0.29) is 12.0 Å². The summed E-state index contributed by atoms with van der Waals surface area (Å²) in [6.07, 6.45) is 0.155. The third kappa shape index (κ3) is 3.77. The number of morpholine rings is 1. The first-order valence-corrected chi connectivity index (χ1v) is 8.78. The van der Waals surface area contributed by atoms with Crippen LogP contribution in [0.4, 0.5) is 5.13 Å². The lowest BCUT2D eigenvalue weighted by Gasteiger charge is -2.36. The molecule has 0 saturated carbocycles. The summed E-state index contributed by atoms with van der Waals surface area (Å²) in [5.41, 5.74) is 1.08. The van der Waals surface area contributed by atoms with Crippen molar-refractivity contribution in [2.75, 3.05) is 57.3 Å². The van der Waals surface area contributed by atoms with E-state index in [4.69, 9.17) is 4.74 Å². The monoisotopic (exact) mass is 324 g/mol. The SMILES string of the molecule is Cc1csc(N2CCN(CC(=O)N3CCO[C@H](C)C3)CC2)n1. The largest absolute Gasteiger partial charge is 0.375 e. The van der Waals surface area contributed by atoms with Crippen molar-refractivity contribution in [2.45, 2.75) is 20.0 Å². The predicted octanol–water partition coefficient (Wildman–Crippen LogP) is 0.821. The molecule has 1 aromatic heterocycles. The summed E-state index contributed by atoms with van der Waals surface area (Å²) in [4.78, 5) is 23.4. The van der Waals surface area contributed by atoms with Gasteiger partial charge < -0.3 is 14.5 Å². The highest BCUT2D eigenvalue weighted by Crippen LogP contribution is 2.21. The van der Waals surface area contributed by atoms with Crippen molar-refractivity contribution in [3.05, 3.63) is 11.1 Å². The van der Waals surface area contributed by atoms with Crippen molar-refractivity contribution in [1.82, 2.24) is 14.8 Å². The van der Waals surface area contributed by atoms with Crippen LogP contribution < -0.4 is 4.90 Å². The molecule has 3 heterocycles. The number of aryl methyl sites for hydroxylation is 1. The van der Waals surface area contributed by atoms with Crippen LogP contribution in [0.3, 0.4) is 0 Å². The number of amides is 1. The van der Waals surface area contributed by atoms with Crippen molar-refractivity contribution in [1.29, 1.82) is 0 Å². The number of anilines is 1. The Bertz CT molecular complexity index is 513. The average molecular weight is 324 g/mol. The molecule has 1 amide bonds. The van der Waals surface area contributed by atoms with E-state index in [0.29, 0.717) is 13.2 Å². The maximum absolute atomic E-state index is 12.4. The molecule has 122 valence electrons. The van der Waals surface area contributed by atoms with E-state index in [9.17, 15) is 4.79 Å². The van der Waals surface area contributed by atoms with Gasteiger partial charge in [0.2, 0.25) is 5.91 Å². The van der Waals surface area contributed by atoms with Gasteiger partial charge >= 0.3 is 0 Å². The van der Waals surface area contributed by atoms with Crippen LogP contribution in [0.1, 0.15) is 12.6 Å². The van der Waals surface area contributed by atoms with Gasteiger partial charge in [0.05, 0.1) is 24.9 Å². The van der Waals surface area contributed by atoms with Gasteiger partial charge in [-0.05, 0) is 13.8 Å². The average Bonchev–Trinajstić information content (AvgIpc) is 2.94. The Balaban J connectivity index is 1.46. The van der Waals surface area contributed by atoms with E-state index in [2.05, 4.69) is 20.2 Å². The van der Waals surface area contributed by atoms with Gasteiger partial charge in [-0.3, -0.25) is 9.69 Å². The van der Waals surface area contributed by atoms with E-state index < -0.39 is 0 Å². The zero-order chi connectivity index (χ0) is 15.5. The number of ether oxygens (including phenoxy) is 1. The molecule has 0 N–H and O–H groups in total. The second-order valence-corrected chi connectivity index (χ2v) is 6.89. The molecule has 1 aromatic rings. The Morgan fingerprint density at radius 1 is 1.36 bits per heavy atom. The lowest BCUT2D eigenvalue weighted by atomic mass is 10.2. The number of carbonyl (C=O) groups is 1. The number of aromatic nitrogens is 1. The third-order valence-corrected chi connectivity index (χ3v) is 5.22. The fourth-order valence-electron chi connectivity index (χ4n) is 2.92. The van der Waals surface area contributed by atoms with Gasteiger partial charge in [-0.25, -0.2) is 4.98 Å². The zero-order valence-electron chi connectivity index (χ0n) is 13.3. The van der Waals surface area contributed by atoms with Crippen LogP contribution in [-0.2, 0) is 9.53 Å². The molecular weight excluding hydrogens is 300 g/mol. The van der Waals surface area contributed by atoms with Gasteiger partial charge in [0.25, 0.3) is 0 Å². The van der Waals surface area contributed by atoms with Gasteiger partial charge in [-0.2, -0.15) is 0 Å². The summed E-state index contributed by atoms with van der Waals surface area (Å²) >= 11 is 1.70. The summed E-state index contributed by atoms with van der Waals surface area (Å²) in [6.45, 7) is 10.4.